The van der Waals surface area contributed by atoms with Gasteiger partial charge in [-0.25, -0.2) is 9.37 Å². The van der Waals surface area contributed by atoms with E-state index in [1.54, 1.807) is 23.6 Å². The Morgan fingerprint density at radius 3 is 2.94 bits per heavy atom. The highest BCUT2D eigenvalue weighted by atomic mass is 32.1. The molecule has 0 amide bonds. The van der Waals surface area contributed by atoms with Crippen LogP contribution in [0, 0.1) is 5.82 Å². The fraction of sp³-hybridized carbons (Fsp3) is 0.182. The molecule has 84 valence electrons. The Morgan fingerprint density at radius 2 is 2.31 bits per heavy atom. The highest BCUT2D eigenvalue weighted by Gasteiger charge is 2.09. The third-order valence-corrected chi connectivity index (χ3v) is 3.17. The molecule has 5 heteroatoms. The van der Waals surface area contributed by atoms with Crippen molar-refractivity contribution < 1.29 is 4.39 Å². The normalized spacial score (nSPS) is 12.4. The third kappa shape index (κ3) is 2.30. The van der Waals surface area contributed by atoms with E-state index in [0.717, 1.165) is 10.7 Å². The predicted octanol–water partition coefficient (Wildman–Crippen LogP) is 3.04. The van der Waals surface area contributed by atoms with Crippen LogP contribution in [0.15, 0.2) is 29.8 Å². The number of aromatic nitrogens is 1. The molecule has 0 aliphatic carbocycles. The Labute approximate surface area is 97.1 Å². The molecule has 3 N–H and O–H groups in total. The summed E-state index contributed by atoms with van der Waals surface area (Å²) in [5.41, 5.74) is 6.84. The number of anilines is 2. The lowest BCUT2D eigenvalue weighted by Gasteiger charge is -2.14. The number of nitrogen functional groups attached to an aromatic ring is 1. The van der Waals surface area contributed by atoms with Crippen LogP contribution < -0.4 is 11.1 Å². The lowest BCUT2D eigenvalue weighted by molar-refractivity contribution is 0.628. The fourth-order valence-corrected chi connectivity index (χ4v) is 2.05. The third-order valence-electron chi connectivity index (χ3n) is 2.21. The Kier molecular flexibility index (Phi) is 3.05. The number of hydrogen-bond acceptors (Lipinski definition) is 4. The van der Waals surface area contributed by atoms with Gasteiger partial charge in [0.25, 0.3) is 0 Å². The van der Waals surface area contributed by atoms with Crippen LogP contribution in [-0.2, 0) is 0 Å². The quantitative estimate of drug-likeness (QED) is 0.807. The van der Waals surface area contributed by atoms with Crippen molar-refractivity contribution in [1.29, 1.82) is 0 Å². The van der Waals surface area contributed by atoms with Crippen molar-refractivity contribution in [1.82, 2.24) is 4.98 Å². The first-order valence-electron chi connectivity index (χ1n) is 4.88. The molecule has 0 saturated heterocycles. The summed E-state index contributed by atoms with van der Waals surface area (Å²) in [7, 11) is 0. The molecule has 1 aromatic heterocycles. The topological polar surface area (TPSA) is 50.9 Å². The van der Waals surface area contributed by atoms with Gasteiger partial charge in [-0.05, 0) is 25.1 Å². The molecular formula is C11H12FN3S. The van der Waals surface area contributed by atoms with Crippen LogP contribution in [0.5, 0.6) is 0 Å². The second kappa shape index (κ2) is 4.49. The standard InChI is InChI=1S/C11H12FN3S/c1-7(11-14-4-5-16-11)15-10-3-2-8(12)6-9(10)13/h2-7,15H,13H2,1H3. The van der Waals surface area contributed by atoms with Crippen molar-refractivity contribution in [3.8, 4) is 0 Å². The van der Waals surface area contributed by atoms with Crippen molar-refractivity contribution in [3.05, 3.63) is 40.6 Å². The van der Waals surface area contributed by atoms with E-state index < -0.39 is 0 Å². The zero-order chi connectivity index (χ0) is 11.5. The van der Waals surface area contributed by atoms with Crippen LogP contribution in [0.2, 0.25) is 0 Å². The number of hydrogen-bond donors (Lipinski definition) is 2. The number of benzene rings is 1. The summed E-state index contributed by atoms with van der Waals surface area (Å²) in [6.07, 6.45) is 1.76. The van der Waals surface area contributed by atoms with E-state index in [1.165, 1.54) is 12.1 Å². The van der Waals surface area contributed by atoms with Gasteiger partial charge in [0.2, 0.25) is 0 Å². The molecule has 1 aromatic carbocycles. The smallest absolute Gasteiger partial charge is 0.125 e. The highest BCUT2D eigenvalue weighted by molar-refractivity contribution is 7.09. The van der Waals surface area contributed by atoms with E-state index in [-0.39, 0.29) is 11.9 Å². The molecule has 0 radical (unpaired) electrons. The van der Waals surface area contributed by atoms with Gasteiger partial charge in [0, 0.05) is 11.6 Å². The number of rotatable bonds is 3. The van der Waals surface area contributed by atoms with Crippen molar-refractivity contribution in [3.63, 3.8) is 0 Å². The van der Waals surface area contributed by atoms with Gasteiger partial charge in [0.15, 0.2) is 0 Å². The second-order valence-electron chi connectivity index (χ2n) is 3.47. The first-order chi connectivity index (χ1) is 7.66. The van der Waals surface area contributed by atoms with Crippen molar-refractivity contribution >= 4 is 22.7 Å². The van der Waals surface area contributed by atoms with Gasteiger partial charge in [0.1, 0.15) is 10.8 Å². The monoisotopic (exact) mass is 237 g/mol. The molecule has 0 aliphatic heterocycles. The van der Waals surface area contributed by atoms with Gasteiger partial charge >= 0.3 is 0 Å². The summed E-state index contributed by atoms with van der Waals surface area (Å²) in [6, 6.07) is 4.38. The van der Waals surface area contributed by atoms with E-state index in [9.17, 15) is 4.39 Å². The molecule has 0 aliphatic rings. The maximum Gasteiger partial charge on any atom is 0.125 e. The van der Waals surface area contributed by atoms with Crippen molar-refractivity contribution in [2.75, 3.05) is 11.1 Å². The Balaban J connectivity index is 2.15. The Bertz CT molecular complexity index is 470. The first-order valence-corrected chi connectivity index (χ1v) is 5.76. The predicted molar refractivity (Wildman–Crippen MR) is 65.0 cm³/mol. The first kappa shape index (κ1) is 10.9. The molecule has 0 spiro atoms. The minimum absolute atomic E-state index is 0.0627. The van der Waals surface area contributed by atoms with Gasteiger partial charge in [-0.2, -0.15) is 0 Å². The van der Waals surface area contributed by atoms with Gasteiger partial charge in [0.05, 0.1) is 17.4 Å². The molecule has 3 nitrogen and oxygen atoms in total. The Hall–Kier alpha value is -1.62. The molecule has 0 saturated carbocycles. The summed E-state index contributed by atoms with van der Waals surface area (Å²) in [5.74, 6) is -0.329. The van der Waals surface area contributed by atoms with E-state index in [2.05, 4.69) is 10.3 Å². The van der Waals surface area contributed by atoms with Crippen LogP contribution in [0.4, 0.5) is 15.8 Å². The average Bonchev–Trinajstić information content (AvgIpc) is 2.75. The summed E-state index contributed by atoms with van der Waals surface area (Å²) >= 11 is 1.57. The van der Waals surface area contributed by atoms with E-state index in [0.29, 0.717) is 5.69 Å². The number of nitrogens with two attached hydrogens (primary N) is 1. The molecule has 1 unspecified atom stereocenters. The molecule has 2 aromatic rings. The van der Waals surface area contributed by atoms with Crippen LogP contribution in [0.25, 0.3) is 0 Å². The molecule has 1 heterocycles. The maximum absolute atomic E-state index is 12.8. The maximum atomic E-state index is 12.8. The second-order valence-corrected chi connectivity index (χ2v) is 4.39. The Morgan fingerprint density at radius 1 is 1.50 bits per heavy atom. The SMILES string of the molecule is CC(Nc1ccc(F)cc1N)c1nccs1. The summed E-state index contributed by atoms with van der Waals surface area (Å²) in [4.78, 5) is 4.20. The van der Waals surface area contributed by atoms with Gasteiger partial charge < -0.3 is 11.1 Å². The minimum Gasteiger partial charge on any atom is -0.397 e. The van der Waals surface area contributed by atoms with Crippen LogP contribution >= 0.6 is 11.3 Å². The lowest BCUT2D eigenvalue weighted by atomic mass is 10.2. The van der Waals surface area contributed by atoms with E-state index in [1.807, 2.05) is 12.3 Å². The van der Waals surface area contributed by atoms with Gasteiger partial charge in [-0.1, -0.05) is 0 Å². The van der Waals surface area contributed by atoms with Crippen molar-refractivity contribution in [2.24, 2.45) is 0 Å². The lowest BCUT2D eigenvalue weighted by Crippen LogP contribution is -2.08. The zero-order valence-corrected chi connectivity index (χ0v) is 9.59. The molecule has 16 heavy (non-hydrogen) atoms. The number of nitrogens with one attached hydrogen (secondary N) is 1. The summed E-state index contributed by atoms with van der Waals surface area (Å²) in [5, 5.41) is 6.09. The molecular weight excluding hydrogens is 225 g/mol. The van der Waals surface area contributed by atoms with Crippen LogP contribution in [0.3, 0.4) is 0 Å². The van der Waals surface area contributed by atoms with Crippen molar-refractivity contribution in [2.45, 2.75) is 13.0 Å². The highest BCUT2D eigenvalue weighted by Crippen LogP contribution is 2.25. The number of thiazole rings is 1. The van der Waals surface area contributed by atoms with E-state index in [4.69, 9.17) is 5.73 Å². The number of halogens is 1. The minimum atomic E-state index is -0.329. The largest absolute Gasteiger partial charge is 0.397 e. The summed E-state index contributed by atoms with van der Waals surface area (Å²) < 4.78 is 12.8. The molecule has 0 bridgehead atoms. The fourth-order valence-electron chi connectivity index (χ4n) is 1.41. The van der Waals surface area contributed by atoms with Gasteiger partial charge in [-0.15, -0.1) is 11.3 Å². The summed E-state index contributed by atoms with van der Waals surface area (Å²) in [6.45, 7) is 1.99. The average molecular weight is 237 g/mol. The molecule has 1 atom stereocenters. The molecule has 0 fully saturated rings. The zero-order valence-electron chi connectivity index (χ0n) is 8.77. The van der Waals surface area contributed by atoms with E-state index >= 15 is 0 Å². The van der Waals surface area contributed by atoms with Gasteiger partial charge in [-0.3, -0.25) is 0 Å². The number of nitrogens with zero attached hydrogens (tertiary/aromatic N) is 1. The van der Waals surface area contributed by atoms with Crippen LogP contribution in [0.1, 0.15) is 18.0 Å². The molecule has 2 rings (SSSR count). The van der Waals surface area contributed by atoms with Crippen LogP contribution in [-0.4, -0.2) is 4.98 Å².